The summed E-state index contributed by atoms with van der Waals surface area (Å²) in [6, 6.07) is 14.6. The van der Waals surface area contributed by atoms with Crippen LogP contribution in [0.25, 0.3) is 0 Å². The van der Waals surface area contributed by atoms with Gasteiger partial charge in [0.05, 0.1) is 16.4 Å². The van der Waals surface area contributed by atoms with Gasteiger partial charge in [0.1, 0.15) is 0 Å². The quantitative estimate of drug-likeness (QED) is 0.317. The van der Waals surface area contributed by atoms with Gasteiger partial charge in [-0.1, -0.05) is 0 Å². The number of benzene rings is 2. The lowest BCUT2D eigenvalue weighted by Crippen LogP contribution is -2.22. The van der Waals surface area contributed by atoms with E-state index in [0.29, 0.717) is 16.9 Å². The molecule has 0 saturated heterocycles. The van der Waals surface area contributed by atoms with E-state index in [-0.39, 0.29) is 23.3 Å². The summed E-state index contributed by atoms with van der Waals surface area (Å²) in [4.78, 5) is 35.7. The zero-order chi connectivity index (χ0) is 21.7. The van der Waals surface area contributed by atoms with E-state index in [4.69, 9.17) is 4.42 Å². The highest BCUT2D eigenvalue weighted by Crippen LogP contribution is 2.27. The molecule has 30 heavy (non-hydrogen) atoms. The lowest BCUT2D eigenvalue weighted by Gasteiger charge is -2.14. The second kappa shape index (κ2) is 9.27. The maximum atomic E-state index is 12.5. The zero-order valence-electron chi connectivity index (χ0n) is 16.2. The van der Waals surface area contributed by atoms with Gasteiger partial charge in [0.2, 0.25) is 5.91 Å². The molecule has 0 saturated carbocycles. The number of thioether (sulfide) groups is 1. The number of carbonyl (C=O) groups is 2. The standard InChI is InChI=1S/C21H19N3O5S/c1-13-12-16(24(27)28)7-10-18(13)23-20(25)14(2)30-17-8-5-15(6-9-17)22-21(26)19-4-3-11-29-19/h3-12,14H,1-2H3,(H,22,26)(H,23,25). The van der Waals surface area contributed by atoms with Gasteiger partial charge in [-0.05, 0) is 61.9 Å². The average Bonchev–Trinajstić information content (AvgIpc) is 3.25. The molecule has 2 N–H and O–H groups in total. The number of nitrogens with one attached hydrogen (secondary N) is 2. The number of nitro groups is 1. The SMILES string of the molecule is Cc1cc([N+](=O)[O-])ccc1NC(=O)C(C)Sc1ccc(NC(=O)c2ccco2)cc1. The van der Waals surface area contributed by atoms with Crippen molar-refractivity contribution in [2.24, 2.45) is 0 Å². The van der Waals surface area contributed by atoms with Gasteiger partial charge < -0.3 is 15.1 Å². The fraction of sp³-hybridized carbons (Fsp3) is 0.143. The third-order valence-electron chi connectivity index (χ3n) is 4.22. The number of amides is 2. The molecule has 0 aliphatic heterocycles. The number of nitrogens with zero attached hydrogens (tertiary/aromatic N) is 1. The van der Waals surface area contributed by atoms with Crippen LogP contribution < -0.4 is 10.6 Å². The number of non-ortho nitro benzene ring substituents is 1. The van der Waals surface area contributed by atoms with E-state index in [1.165, 1.54) is 36.2 Å². The molecule has 2 amide bonds. The minimum absolute atomic E-state index is 0.0212. The molecular formula is C21H19N3O5S. The van der Waals surface area contributed by atoms with Crippen molar-refractivity contribution in [1.82, 2.24) is 0 Å². The molecule has 0 aliphatic carbocycles. The largest absolute Gasteiger partial charge is 0.459 e. The Labute approximate surface area is 176 Å². The van der Waals surface area contributed by atoms with Gasteiger partial charge in [-0.15, -0.1) is 11.8 Å². The van der Waals surface area contributed by atoms with Crippen LogP contribution in [-0.2, 0) is 4.79 Å². The fourth-order valence-electron chi connectivity index (χ4n) is 2.61. The lowest BCUT2D eigenvalue weighted by molar-refractivity contribution is -0.384. The first-order chi connectivity index (χ1) is 14.3. The Morgan fingerprint density at radius 2 is 1.83 bits per heavy atom. The van der Waals surface area contributed by atoms with Crippen LogP contribution in [0.5, 0.6) is 0 Å². The maximum Gasteiger partial charge on any atom is 0.291 e. The predicted molar refractivity (Wildman–Crippen MR) is 115 cm³/mol. The van der Waals surface area contributed by atoms with Crippen LogP contribution in [0.1, 0.15) is 23.0 Å². The molecule has 154 valence electrons. The molecule has 3 rings (SSSR count). The van der Waals surface area contributed by atoms with E-state index < -0.39 is 10.2 Å². The number of furan rings is 1. The molecule has 0 bridgehead atoms. The number of rotatable bonds is 7. The Morgan fingerprint density at radius 1 is 1.10 bits per heavy atom. The first-order valence-corrected chi connectivity index (χ1v) is 9.89. The first-order valence-electron chi connectivity index (χ1n) is 9.01. The Bertz CT molecular complexity index is 1060. The Kier molecular flexibility index (Phi) is 6.53. The number of nitro benzene ring substituents is 1. The summed E-state index contributed by atoms with van der Waals surface area (Å²) < 4.78 is 5.05. The van der Waals surface area contributed by atoms with Gasteiger partial charge in [0.15, 0.2) is 5.76 Å². The number of hydrogen-bond donors (Lipinski definition) is 2. The van der Waals surface area contributed by atoms with Crippen LogP contribution in [0.15, 0.2) is 70.2 Å². The topological polar surface area (TPSA) is 114 Å². The molecule has 1 aromatic heterocycles. The van der Waals surface area contributed by atoms with Crippen LogP contribution in [0.2, 0.25) is 0 Å². The molecule has 2 aromatic carbocycles. The number of aryl methyl sites for hydroxylation is 1. The summed E-state index contributed by atoms with van der Waals surface area (Å²) in [5.41, 5.74) is 1.74. The minimum atomic E-state index is -0.474. The maximum absolute atomic E-state index is 12.5. The smallest absolute Gasteiger partial charge is 0.291 e. The summed E-state index contributed by atoms with van der Waals surface area (Å²) in [6.45, 7) is 3.48. The van der Waals surface area contributed by atoms with Gasteiger partial charge in [0.25, 0.3) is 11.6 Å². The van der Waals surface area contributed by atoms with Crippen molar-refractivity contribution < 1.29 is 18.9 Å². The first kappa shape index (κ1) is 21.1. The molecule has 0 aliphatic rings. The Morgan fingerprint density at radius 3 is 2.43 bits per heavy atom. The van der Waals surface area contributed by atoms with Gasteiger partial charge in [-0.2, -0.15) is 0 Å². The van der Waals surface area contributed by atoms with Gasteiger partial charge >= 0.3 is 0 Å². The van der Waals surface area contributed by atoms with Crippen LogP contribution >= 0.6 is 11.8 Å². The second-order valence-corrected chi connectivity index (χ2v) is 7.88. The highest BCUT2D eigenvalue weighted by molar-refractivity contribution is 8.00. The molecule has 1 atom stereocenters. The van der Waals surface area contributed by atoms with E-state index in [9.17, 15) is 19.7 Å². The lowest BCUT2D eigenvalue weighted by atomic mass is 10.2. The summed E-state index contributed by atoms with van der Waals surface area (Å²) in [5.74, 6) is -0.334. The molecule has 8 nitrogen and oxygen atoms in total. The molecule has 9 heteroatoms. The van der Waals surface area contributed by atoms with Crippen LogP contribution in [0.3, 0.4) is 0 Å². The zero-order valence-corrected chi connectivity index (χ0v) is 17.1. The molecule has 0 spiro atoms. The van der Waals surface area contributed by atoms with Crippen LogP contribution in [0, 0.1) is 17.0 Å². The molecule has 1 unspecified atom stereocenters. The van der Waals surface area contributed by atoms with Crippen LogP contribution in [-0.4, -0.2) is 22.0 Å². The normalized spacial score (nSPS) is 11.5. The van der Waals surface area contributed by atoms with Crippen molar-refractivity contribution in [3.8, 4) is 0 Å². The van der Waals surface area contributed by atoms with E-state index in [1.54, 1.807) is 38.1 Å². The summed E-state index contributed by atoms with van der Waals surface area (Å²) in [7, 11) is 0. The Hall–Kier alpha value is -3.59. The van der Waals surface area contributed by atoms with Crippen LogP contribution in [0.4, 0.5) is 17.1 Å². The summed E-state index contributed by atoms with van der Waals surface area (Å²) in [5, 5.41) is 16.0. The number of anilines is 2. The van der Waals surface area contributed by atoms with Crippen molar-refractivity contribution in [3.63, 3.8) is 0 Å². The van der Waals surface area contributed by atoms with Crippen molar-refractivity contribution in [1.29, 1.82) is 0 Å². The van der Waals surface area contributed by atoms with Crippen molar-refractivity contribution in [3.05, 3.63) is 82.3 Å². The monoisotopic (exact) mass is 425 g/mol. The molecule has 3 aromatic rings. The van der Waals surface area contributed by atoms with Crippen molar-refractivity contribution in [2.45, 2.75) is 24.0 Å². The molecule has 1 heterocycles. The van der Waals surface area contributed by atoms with E-state index in [0.717, 1.165) is 4.90 Å². The predicted octanol–water partition coefficient (Wildman–Crippen LogP) is 4.87. The third kappa shape index (κ3) is 5.26. The number of carbonyl (C=O) groups excluding carboxylic acids is 2. The summed E-state index contributed by atoms with van der Waals surface area (Å²) >= 11 is 1.36. The van der Waals surface area contributed by atoms with E-state index in [2.05, 4.69) is 10.6 Å². The van der Waals surface area contributed by atoms with Gasteiger partial charge in [0, 0.05) is 28.4 Å². The summed E-state index contributed by atoms with van der Waals surface area (Å²) in [6.07, 6.45) is 1.43. The third-order valence-corrected chi connectivity index (χ3v) is 5.33. The number of hydrogen-bond acceptors (Lipinski definition) is 6. The fourth-order valence-corrected chi connectivity index (χ4v) is 3.48. The van der Waals surface area contributed by atoms with Gasteiger partial charge in [-0.3, -0.25) is 19.7 Å². The Balaban J connectivity index is 1.57. The van der Waals surface area contributed by atoms with E-state index in [1.807, 2.05) is 12.1 Å². The minimum Gasteiger partial charge on any atom is -0.459 e. The molecule has 0 fully saturated rings. The highest BCUT2D eigenvalue weighted by atomic mass is 32.2. The second-order valence-electron chi connectivity index (χ2n) is 6.46. The highest BCUT2D eigenvalue weighted by Gasteiger charge is 2.17. The molecule has 0 radical (unpaired) electrons. The van der Waals surface area contributed by atoms with E-state index >= 15 is 0 Å². The van der Waals surface area contributed by atoms with Crippen molar-refractivity contribution >= 4 is 40.6 Å². The van der Waals surface area contributed by atoms with Crippen molar-refractivity contribution in [2.75, 3.05) is 10.6 Å². The average molecular weight is 425 g/mol. The molecular weight excluding hydrogens is 406 g/mol. The van der Waals surface area contributed by atoms with Gasteiger partial charge in [-0.25, -0.2) is 0 Å².